The number of halogens is 2. The standard InChI is InChI=1S/C15H17ClFNS/c1-9-6-15(19-10(9)2)14(18-3)7-11-4-5-12(16)8-13(11)17/h4-6,8,14,18H,7H2,1-3H3. The third kappa shape index (κ3) is 3.35. The molecule has 0 saturated heterocycles. The van der Waals surface area contributed by atoms with E-state index in [1.54, 1.807) is 23.5 Å². The number of aryl methyl sites for hydroxylation is 2. The minimum absolute atomic E-state index is 0.132. The lowest BCUT2D eigenvalue weighted by Gasteiger charge is -2.15. The topological polar surface area (TPSA) is 12.0 Å². The Morgan fingerprint density at radius 2 is 2.05 bits per heavy atom. The van der Waals surface area contributed by atoms with E-state index in [-0.39, 0.29) is 11.9 Å². The molecule has 1 nitrogen and oxygen atoms in total. The Hall–Kier alpha value is -0.900. The molecule has 0 spiro atoms. The second kappa shape index (κ2) is 6.04. The van der Waals surface area contributed by atoms with Gasteiger partial charge >= 0.3 is 0 Å². The van der Waals surface area contributed by atoms with Crippen molar-refractivity contribution in [2.45, 2.75) is 26.3 Å². The van der Waals surface area contributed by atoms with E-state index >= 15 is 0 Å². The maximum absolute atomic E-state index is 13.8. The molecule has 1 N–H and O–H groups in total. The van der Waals surface area contributed by atoms with Crippen LogP contribution in [0, 0.1) is 19.7 Å². The van der Waals surface area contributed by atoms with Gasteiger partial charge in [0, 0.05) is 20.8 Å². The molecular weight excluding hydrogens is 281 g/mol. The molecule has 1 aromatic heterocycles. The highest BCUT2D eigenvalue weighted by molar-refractivity contribution is 7.12. The first-order valence-electron chi connectivity index (χ1n) is 6.19. The summed E-state index contributed by atoms with van der Waals surface area (Å²) in [5.74, 6) is -0.238. The molecule has 0 amide bonds. The van der Waals surface area contributed by atoms with Gasteiger partial charge in [-0.1, -0.05) is 17.7 Å². The SMILES string of the molecule is CNC(Cc1ccc(Cl)cc1F)c1cc(C)c(C)s1. The van der Waals surface area contributed by atoms with E-state index in [9.17, 15) is 4.39 Å². The molecule has 2 aromatic rings. The third-order valence-corrected chi connectivity index (χ3v) is 4.82. The zero-order valence-electron chi connectivity index (χ0n) is 11.3. The highest BCUT2D eigenvalue weighted by Gasteiger charge is 2.15. The molecule has 102 valence electrons. The van der Waals surface area contributed by atoms with Crippen LogP contribution >= 0.6 is 22.9 Å². The summed E-state index contributed by atoms with van der Waals surface area (Å²) in [5.41, 5.74) is 1.98. The molecule has 0 bridgehead atoms. The minimum atomic E-state index is -0.238. The molecule has 0 aliphatic heterocycles. The molecule has 0 saturated carbocycles. The molecule has 1 atom stereocenters. The first-order chi connectivity index (χ1) is 9.01. The minimum Gasteiger partial charge on any atom is -0.312 e. The van der Waals surface area contributed by atoms with Gasteiger partial charge in [-0.05, 0) is 56.6 Å². The van der Waals surface area contributed by atoms with E-state index in [2.05, 4.69) is 25.2 Å². The van der Waals surface area contributed by atoms with Gasteiger partial charge in [-0.2, -0.15) is 0 Å². The lowest BCUT2D eigenvalue weighted by Crippen LogP contribution is -2.18. The Labute approximate surface area is 122 Å². The molecule has 1 heterocycles. The van der Waals surface area contributed by atoms with Gasteiger partial charge < -0.3 is 5.32 Å². The number of rotatable bonds is 4. The van der Waals surface area contributed by atoms with Crippen molar-refractivity contribution in [1.82, 2.24) is 5.32 Å². The summed E-state index contributed by atoms with van der Waals surface area (Å²) < 4.78 is 13.8. The Morgan fingerprint density at radius 1 is 1.32 bits per heavy atom. The van der Waals surface area contributed by atoms with Crippen LogP contribution in [0.1, 0.15) is 26.9 Å². The van der Waals surface area contributed by atoms with Gasteiger partial charge in [0.2, 0.25) is 0 Å². The molecule has 4 heteroatoms. The van der Waals surface area contributed by atoms with E-state index in [0.29, 0.717) is 17.0 Å². The quantitative estimate of drug-likeness (QED) is 0.865. The molecule has 0 fully saturated rings. The Kier molecular flexibility index (Phi) is 4.61. The van der Waals surface area contributed by atoms with Crippen LogP contribution in [0.2, 0.25) is 5.02 Å². The summed E-state index contributed by atoms with van der Waals surface area (Å²) in [6.45, 7) is 4.21. The van der Waals surface area contributed by atoms with Crippen LogP contribution in [0.25, 0.3) is 0 Å². The van der Waals surface area contributed by atoms with Gasteiger partial charge in [0.25, 0.3) is 0 Å². The number of hydrogen-bond donors (Lipinski definition) is 1. The summed E-state index contributed by atoms with van der Waals surface area (Å²) in [4.78, 5) is 2.55. The van der Waals surface area contributed by atoms with E-state index in [1.165, 1.54) is 21.4 Å². The summed E-state index contributed by atoms with van der Waals surface area (Å²) in [7, 11) is 1.91. The van der Waals surface area contributed by atoms with Crippen molar-refractivity contribution in [1.29, 1.82) is 0 Å². The number of hydrogen-bond acceptors (Lipinski definition) is 2. The number of likely N-dealkylation sites (N-methyl/N-ethyl adjacent to an activating group) is 1. The smallest absolute Gasteiger partial charge is 0.127 e. The fourth-order valence-corrected chi connectivity index (χ4v) is 3.34. The predicted molar refractivity (Wildman–Crippen MR) is 80.7 cm³/mol. The second-order valence-corrected chi connectivity index (χ2v) is 6.39. The van der Waals surface area contributed by atoms with Gasteiger partial charge in [-0.15, -0.1) is 11.3 Å². The van der Waals surface area contributed by atoms with E-state index in [0.717, 1.165) is 0 Å². The van der Waals surface area contributed by atoms with Crippen LogP contribution in [-0.4, -0.2) is 7.05 Å². The van der Waals surface area contributed by atoms with Crippen LogP contribution < -0.4 is 5.32 Å². The molecule has 0 radical (unpaired) electrons. The van der Waals surface area contributed by atoms with Crippen molar-refractivity contribution in [2.75, 3.05) is 7.05 Å². The molecule has 2 rings (SSSR count). The highest BCUT2D eigenvalue weighted by atomic mass is 35.5. The first-order valence-corrected chi connectivity index (χ1v) is 7.39. The Bertz CT molecular complexity index is 560. The fourth-order valence-electron chi connectivity index (χ4n) is 2.03. The second-order valence-electron chi connectivity index (χ2n) is 4.67. The molecule has 1 unspecified atom stereocenters. The summed E-state index contributed by atoms with van der Waals surface area (Å²) in [5, 5.41) is 3.70. The van der Waals surface area contributed by atoms with Crippen molar-refractivity contribution < 1.29 is 4.39 Å². The molecule has 0 aliphatic carbocycles. The van der Waals surface area contributed by atoms with Crippen LogP contribution in [0.15, 0.2) is 24.3 Å². The third-order valence-electron chi connectivity index (χ3n) is 3.32. The monoisotopic (exact) mass is 297 g/mol. The van der Waals surface area contributed by atoms with Gasteiger partial charge in [-0.25, -0.2) is 4.39 Å². The van der Waals surface area contributed by atoms with Crippen molar-refractivity contribution in [3.63, 3.8) is 0 Å². The average molecular weight is 298 g/mol. The van der Waals surface area contributed by atoms with Crippen molar-refractivity contribution in [2.24, 2.45) is 0 Å². The maximum atomic E-state index is 13.8. The van der Waals surface area contributed by atoms with Gasteiger partial charge in [0.05, 0.1) is 0 Å². The molecular formula is C15H17ClFNS. The van der Waals surface area contributed by atoms with Gasteiger partial charge in [-0.3, -0.25) is 0 Å². The predicted octanol–water partition coefficient (Wildman–Crippen LogP) is 4.66. The average Bonchev–Trinajstić information content (AvgIpc) is 2.68. The fraction of sp³-hybridized carbons (Fsp3) is 0.333. The molecule has 1 aromatic carbocycles. The Morgan fingerprint density at radius 3 is 2.58 bits per heavy atom. The van der Waals surface area contributed by atoms with Crippen LogP contribution in [0.3, 0.4) is 0 Å². The Balaban J connectivity index is 2.23. The maximum Gasteiger partial charge on any atom is 0.127 e. The van der Waals surface area contributed by atoms with Gasteiger partial charge in [0.1, 0.15) is 5.82 Å². The number of nitrogens with one attached hydrogen (secondary N) is 1. The molecule has 19 heavy (non-hydrogen) atoms. The number of thiophene rings is 1. The summed E-state index contributed by atoms with van der Waals surface area (Å²) in [6.07, 6.45) is 0.624. The molecule has 0 aliphatic rings. The summed E-state index contributed by atoms with van der Waals surface area (Å²) >= 11 is 7.54. The zero-order valence-corrected chi connectivity index (χ0v) is 12.8. The van der Waals surface area contributed by atoms with E-state index in [1.807, 2.05) is 7.05 Å². The first kappa shape index (κ1) is 14.5. The van der Waals surface area contributed by atoms with Crippen molar-refractivity contribution in [3.8, 4) is 0 Å². The largest absolute Gasteiger partial charge is 0.312 e. The van der Waals surface area contributed by atoms with Crippen LogP contribution in [0.4, 0.5) is 4.39 Å². The summed E-state index contributed by atoms with van der Waals surface area (Å²) in [6, 6.07) is 7.17. The van der Waals surface area contributed by atoms with E-state index < -0.39 is 0 Å². The van der Waals surface area contributed by atoms with Gasteiger partial charge in [0.15, 0.2) is 0 Å². The lowest BCUT2D eigenvalue weighted by atomic mass is 10.0. The highest BCUT2D eigenvalue weighted by Crippen LogP contribution is 2.29. The lowest BCUT2D eigenvalue weighted by molar-refractivity contribution is 0.560. The van der Waals surface area contributed by atoms with Crippen LogP contribution in [0.5, 0.6) is 0 Å². The van der Waals surface area contributed by atoms with Crippen LogP contribution in [-0.2, 0) is 6.42 Å². The number of benzene rings is 1. The van der Waals surface area contributed by atoms with Crippen molar-refractivity contribution >= 4 is 22.9 Å². The zero-order chi connectivity index (χ0) is 14.0. The van der Waals surface area contributed by atoms with Crippen molar-refractivity contribution in [3.05, 3.63) is 56.0 Å². The normalized spacial score (nSPS) is 12.7. The van der Waals surface area contributed by atoms with E-state index in [4.69, 9.17) is 11.6 Å².